The summed E-state index contributed by atoms with van der Waals surface area (Å²) in [5.41, 5.74) is 0. The summed E-state index contributed by atoms with van der Waals surface area (Å²) < 4.78 is 4.91. The zero-order valence-corrected chi connectivity index (χ0v) is 12.5. The number of amides is 1. The van der Waals surface area contributed by atoms with Crippen LogP contribution in [0.1, 0.15) is 6.92 Å². The topological polar surface area (TPSA) is 53.1 Å². The maximum absolute atomic E-state index is 12.2. The third kappa shape index (κ3) is 5.71. The molecule has 20 heavy (non-hydrogen) atoms. The maximum Gasteiger partial charge on any atom is 0.320 e. The van der Waals surface area contributed by atoms with Gasteiger partial charge in [0.1, 0.15) is 0 Å². The Balaban J connectivity index is 2.45. The fraction of sp³-hybridized carbons (Fsp3) is 0.714. The Hall–Kier alpha value is -1.40. The monoisotopic (exact) mass is 283 g/mol. The van der Waals surface area contributed by atoms with Crippen molar-refractivity contribution in [3.8, 4) is 0 Å². The highest BCUT2D eigenvalue weighted by molar-refractivity contribution is 5.79. The van der Waals surface area contributed by atoms with E-state index < -0.39 is 0 Å². The molecule has 0 aliphatic carbocycles. The fourth-order valence-electron chi connectivity index (χ4n) is 2.10. The molecule has 0 radical (unpaired) electrons. The lowest BCUT2D eigenvalue weighted by Crippen LogP contribution is -2.50. The highest BCUT2D eigenvalue weighted by Gasteiger charge is 2.21. The lowest BCUT2D eigenvalue weighted by molar-refractivity contribution is -0.145. The molecule has 1 aliphatic heterocycles. The minimum atomic E-state index is -0.305. The Morgan fingerprint density at radius 2 is 1.90 bits per heavy atom. The zero-order chi connectivity index (χ0) is 15.0. The quantitative estimate of drug-likeness (QED) is 0.479. The molecular formula is C14H25N3O3. The molecule has 6 nitrogen and oxygen atoms in total. The number of rotatable bonds is 7. The van der Waals surface area contributed by atoms with E-state index in [9.17, 15) is 9.59 Å². The molecule has 0 aromatic carbocycles. The van der Waals surface area contributed by atoms with Gasteiger partial charge in [0.05, 0.1) is 19.7 Å². The van der Waals surface area contributed by atoms with E-state index in [2.05, 4.69) is 11.5 Å². The van der Waals surface area contributed by atoms with E-state index in [-0.39, 0.29) is 25.0 Å². The van der Waals surface area contributed by atoms with Crippen molar-refractivity contribution >= 4 is 11.9 Å². The van der Waals surface area contributed by atoms with Gasteiger partial charge < -0.3 is 14.5 Å². The lowest BCUT2D eigenvalue weighted by Gasteiger charge is -2.33. The van der Waals surface area contributed by atoms with E-state index in [0.29, 0.717) is 13.2 Å². The van der Waals surface area contributed by atoms with Crippen LogP contribution in [0.3, 0.4) is 0 Å². The Bertz CT molecular complexity index is 339. The normalized spacial score (nSPS) is 16.2. The summed E-state index contributed by atoms with van der Waals surface area (Å²) >= 11 is 0. The van der Waals surface area contributed by atoms with Crippen LogP contribution in [0, 0.1) is 0 Å². The van der Waals surface area contributed by atoms with Crippen molar-refractivity contribution in [2.75, 3.05) is 59.5 Å². The third-order valence-electron chi connectivity index (χ3n) is 3.26. The van der Waals surface area contributed by atoms with Gasteiger partial charge in [0.25, 0.3) is 0 Å². The average Bonchev–Trinajstić information content (AvgIpc) is 2.39. The van der Waals surface area contributed by atoms with Crippen LogP contribution >= 0.6 is 0 Å². The van der Waals surface area contributed by atoms with Gasteiger partial charge in [-0.15, -0.1) is 6.58 Å². The number of likely N-dealkylation sites (N-methyl/N-ethyl adjacent to an activating group) is 1. The maximum atomic E-state index is 12.2. The average molecular weight is 283 g/mol. The van der Waals surface area contributed by atoms with E-state index in [4.69, 9.17) is 4.74 Å². The van der Waals surface area contributed by atoms with Crippen LogP contribution in [0.4, 0.5) is 0 Å². The number of carbonyl (C=O) groups excluding carboxylic acids is 2. The van der Waals surface area contributed by atoms with Gasteiger partial charge >= 0.3 is 5.97 Å². The van der Waals surface area contributed by atoms with Crippen LogP contribution in [-0.4, -0.2) is 86.0 Å². The van der Waals surface area contributed by atoms with E-state index in [1.165, 1.54) is 0 Å². The Labute approximate surface area is 121 Å². The van der Waals surface area contributed by atoms with Crippen molar-refractivity contribution in [3.05, 3.63) is 12.7 Å². The van der Waals surface area contributed by atoms with Crippen molar-refractivity contribution in [2.45, 2.75) is 6.92 Å². The van der Waals surface area contributed by atoms with Gasteiger partial charge in [-0.05, 0) is 14.0 Å². The summed E-state index contributed by atoms with van der Waals surface area (Å²) in [7, 11) is 2.05. The molecule has 1 fully saturated rings. The number of nitrogens with zero attached hydrogens (tertiary/aromatic N) is 3. The number of hydrogen-bond acceptors (Lipinski definition) is 5. The molecule has 0 unspecified atom stereocenters. The first-order chi connectivity index (χ1) is 9.56. The summed E-state index contributed by atoms with van der Waals surface area (Å²) in [6.07, 6.45) is 1.69. The van der Waals surface area contributed by atoms with Crippen molar-refractivity contribution in [1.29, 1.82) is 0 Å². The molecule has 1 amide bonds. The largest absolute Gasteiger partial charge is 0.465 e. The van der Waals surface area contributed by atoms with Crippen LogP contribution in [0.15, 0.2) is 12.7 Å². The van der Waals surface area contributed by atoms with Gasteiger partial charge in [-0.1, -0.05) is 6.08 Å². The SMILES string of the molecule is C=CCN(CC(=O)OCC)CC(=O)N1CCN(C)CC1. The van der Waals surface area contributed by atoms with Gasteiger partial charge in [-0.2, -0.15) is 0 Å². The minimum absolute atomic E-state index is 0.0595. The summed E-state index contributed by atoms with van der Waals surface area (Å²) in [5.74, 6) is -0.246. The fourth-order valence-corrected chi connectivity index (χ4v) is 2.10. The summed E-state index contributed by atoms with van der Waals surface area (Å²) in [5, 5.41) is 0. The molecular weight excluding hydrogens is 258 g/mol. The Morgan fingerprint density at radius 1 is 1.25 bits per heavy atom. The molecule has 1 heterocycles. The summed E-state index contributed by atoms with van der Waals surface area (Å²) in [6, 6.07) is 0. The van der Waals surface area contributed by atoms with Crippen molar-refractivity contribution in [3.63, 3.8) is 0 Å². The van der Waals surface area contributed by atoms with Crippen LogP contribution in [0.5, 0.6) is 0 Å². The Morgan fingerprint density at radius 3 is 2.45 bits per heavy atom. The second-order valence-corrected chi connectivity index (χ2v) is 4.95. The van der Waals surface area contributed by atoms with E-state index >= 15 is 0 Å². The zero-order valence-electron chi connectivity index (χ0n) is 12.5. The molecule has 1 rings (SSSR count). The first-order valence-corrected chi connectivity index (χ1v) is 7.02. The van der Waals surface area contributed by atoms with Crippen molar-refractivity contribution < 1.29 is 14.3 Å². The minimum Gasteiger partial charge on any atom is -0.465 e. The number of esters is 1. The second kappa shape index (κ2) is 8.71. The van der Waals surface area contributed by atoms with Gasteiger partial charge in [-0.25, -0.2) is 0 Å². The second-order valence-electron chi connectivity index (χ2n) is 4.95. The van der Waals surface area contributed by atoms with E-state index in [0.717, 1.165) is 26.2 Å². The molecule has 0 aromatic rings. The summed E-state index contributed by atoms with van der Waals surface area (Å²) in [6.45, 7) is 9.92. The number of ether oxygens (including phenoxy) is 1. The van der Waals surface area contributed by atoms with Crippen molar-refractivity contribution in [2.24, 2.45) is 0 Å². The number of carbonyl (C=O) groups is 2. The number of piperazine rings is 1. The molecule has 0 N–H and O–H groups in total. The standard InChI is InChI=1S/C14H25N3O3/c1-4-6-16(12-14(19)20-5-2)11-13(18)17-9-7-15(3)8-10-17/h4H,1,5-12H2,2-3H3. The Kier molecular flexibility index (Phi) is 7.25. The molecule has 0 atom stereocenters. The van der Waals surface area contributed by atoms with Crippen LogP contribution in [0.25, 0.3) is 0 Å². The molecule has 6 heteroatoms. The predicted octanol–water partition coefficient (Wildman–Crippen LogP) is -0.188. The summed E-state index contributed by atoms with van der Waals surface area (Å²) in [4.78, 5) is 29.5. The van der Waals surface area contributed by atoms with E-state index in [1.807, 2.05) is 11.9 Å². The molecule has 0 saturated carbocycles. The molecule has 1 saturated heterocycles. The molecule has 114 valence electrons. The van der Waals surface area contributed by atoms with Crippen LogP contribution in [0.2, 0.25) is 0 Å². The number of hydrogen-bond donors (Lipinski definition) is 0. The molecule has 0 spiro atoms. The predicted molar refractivity (Wildman–Crippen MR) is 77.3 cm³/mol. The van der Waals surface area contributed by atoms with Gasteiger partial charge in [0.15, 0.2) is 0 Å². The van der Waals surface area contributed by atoms with Gasteiger partial charge in [0, 0.05) is 32.7 Å². The third-order valence-corrected chi connectivity index (χ3v) is 3.26. The highest BCUT2D eigenvalue weighted by atomic mass is 16.5. The highest BCUT2D eigenvalue weighted by Crippen LogP contribution is 2.02. The molecule has 0 bridgehead atoms. The van der Waals surface area contributed by atoms with Crippen molar-refractivity contribution in [1.82, 2.24) is 14.7 Å². The first-order valence-electron chi connectivity index (χ1n) is 7.02. The van der Waals surface area contributed by atoms with E-state index in [1.54, 1.807) is 17.9 Å². The lowest BCUT2D eigenvalue weighted by atomic mass is 10.3. The van der Waals surface area contributed by atoms with Crippen LogP contribution in [-0.2, 0) is 14.3 Å². The van der Waals surface area contributed by atoms with Crippen LogP contribution < -0.4 is 0 Å². The smallest absolute Gasteiger partial charge is 0.320 e. The first kappa shape index (κ1) is 16.7. The molecule has 1 aliphatic rings. The van der Waals surface area contributed by atoms with Gasteiger partial charge in [0.2, 0.25) is 5.91 Å². The van der Waals surface area contributed by atoms with Gasteiger partial charge in [-0.3, -0.25) is 14.5 Å². The molecule has 0 aromatic heterocycles.